The molecule has 0 aliphatic carbocycles. The summed E-state index contributed by atoms with van der Waals surface area (Å²) >= 11 is 0. The first-order valence-corrected chi connectivity index (χ1v) is 7.66. The molecule has 3 heteroatoms. The van der Waals surface area contributed by atoms with Crippen LogP contribution in [0.2, 0.25) is 0 Å². The average molecular weight is 297 g/mol. The van der Waals surface area contributed by atoms with Gasteiger partial charge in [-0.2, -0.15) is 0 Å². The third-order valence-corrected chi connectivity index (χ3v) is 3.41. The molecular formula is C19H23NO2. The fourth-order valence-electron chi connectivity index (χ4n) is 2.15. The number of benzene rings is 2. The van der Waals surface area contributed by atoms with Gasteiger partial charge in [-0.05, 0) is 38.0 Å². The van der Waals surface area contributed by atoms with Crippen molar-refractivity contribution in [1.82, 2.24) is 5.32 Å². The predicted octanol–water partition coefficient (Wildman–Crippen LogP) is 3.51. The van der Waals surface area contributed by atoms with E-state index in [1.807, 2.05) is 68.4 Å². The molecule has 0 heterocycles. The first kappa shape index (κ1) is 16.1. The number of hydrogen-bond acceptors (Lipinski definition) is 2. The van der Waals surface area contributed by atoms with Gasteiger partial charge in [0.05, 0.1) is 6.04 Å². The number of carbonyl (C=O) groups is 1. The van der Waals surface area contributed by atoms with E-state index in [0.717, 1.165) is 12.2 Å². The molecule has 2 aromatic carbocycles. The van der Waals surface area contributed by atoms with E-state index in [2.05, 4.69) is 5.32 Å². The lowest BCUT2D eigenvalue weighted by molar-refractivity contribution is -0.121. The summed E-state index contributed by atoms with van der Waals surface area (Å²) in [5.41, 5.74) is 2.39. The van der Waals surface area contributed by atoms with Gasteiger partial charge in [0.25, 0.3) is 0 Å². The highest BCUT2D eigenvalue weighted by atomic mass is 16.5. The summed E-state index contributed by atoms with van der Waals surface area (Å²) in [5.74, 6) is 0.889. The highest BCUT2D eigenvalue weighted by molar-refractivity contribution is 5.76. The lowest BCUT2D eigenvalue weighted by Crippen LogP contribution is -2.36. The van der Waals surface area contributed by atoms with E-state index >= 15 is 0 Å². The highest BCUT2D eigenvalue weighted by Crippen LogP contribution is 2.11. The average Bonchev–Trinajstić information content (AvgIpc) is 2.53. The van der Waals surface area contributed by atoms with Crippen molar-refractivity contribution >= 4 is 5.91 Å². The summed E-state index contributed by atoms with van der Waals surface area (Å²) in [6.07, 6.45) is 1.26. The fourth-order valence-corrected chi connectivity index (χ4v) is 2.15. The molecule has 2 aromatic rings. The maximum absolute atomic E-state index is 11.9. The minimum Gasteiger partial charge on any atom is -0.491 e. The zero-order valence-electron chi connectivity index (χ0n) is 13.2. The van der Waals surface area contributed by atoms with E-state index in [1.54, 1.807) is 0 Å². The van der Waals surface area contributed by atoms with Crippen LogP contribution >= 0.6 is 0 Å². The quantitative estimate of drug-likeness (QED) is 0.849. The second-order valence-corrected chi connectivity index (χ2v) is 5.58. The number of amides is 1. The predicted molar refractivity (Wildman–Crippen MR) is 89.0 cm³/mol. The van der Waals surface area contributed by atoms with Crippen LogP contribution in [0.3, 0.4) is 0 Å². The third kappa shape index (κ3) is 5.60. The molecule has 0 bridgehead atoms. The molecule has 0 fully saturated rings. The van der Waals surface area contributed by atoms with Crippen molar-refractivity contribution in [3.05, 3.63) is 65.7 Å². The minimum atomic E-state index is -0.00965. The smallest absolute Gasteiger partial charge is 0.220 e. The van der Waals surface area contributed by atoms with Gasteiger partial charge in [0.2, 0.25) is 5.91 Å². The van der Waals surface area contributed by atoms with Crippen molar-refractivity contribution in [3.8, 4) is 5.75 Å². The van der Waals surface area contributed by atoms with Crippen molar-refractivity contribution in [2.24, 2.45) is 0 Å². The van der Waals surface area contributed by atoms with E-state index in [1.165, 1.54) is 11.1 Å². The molecule has 2 rings (SSSR count). The SMILES string of the molecule is Cc1ccc(OC[C@@H](C)NC(=O)CCc2ccccc2)cc1. The van der Waals surface area contributed by atoms with E-state index in [-0.39, 0.29) is 11.9 Å². The molecule has 0 radical (unpaired) electrons. The molecule has 1 amide bonds. The molecule has 0 unspecified atom stereocenters. The lowest BCUT2D eigenvalue weighted by Gasteiger charge is -2.15. The number of rotatable bonds is 7. The summed E-state index contributed by atoms with van der Waals surface area (Å²) in [7, 11) is 0. The Morgan fingerprint density at radius 2 is 1.77 bits per heavy atom. The second kappa shape index (κ2) is 8.23. The van der Waals surface area contributed by atoms with Crippen molar-refractivity contribution in [2.45, 2.75) is 32.7 Å². The molecule has 0 saturated heterocycles. The van der Waals surface area contributed by atoms with Crippen LogP contribution < -0.4 is 10.1 Å². The van der Waals surface area contributed by atoms with Crippen LogP contribution in [0.15, 0.2) is 54.6 Å². The summed E-state index contributed by atoms with van der Waals surface area (Å²) in [4.78, 5) is 11.9. The van der Waals surface area contributed by atoms with Gasteiger partial charge in [0.15, 0.2) is 0 Å². The first-order chi connectivity index (χ1) is 10.6. The zero-order chi connectivity index (χ0) is 15.8. The van der Waals surface area contributed by atoms with E-state index in [0.29, 0.717) is 13.0 Å². The molecule has 3 nitrogen and oxygen atoms in total. The van der Waals surface area contributed by atoms with Crippen molar-refractivity contribution in [2.75, 3.05) is 6.61 Å². The van der Waals surface area contributed by atoms with Gasteiger partial charge in [-0.1, -0.05) is 48.0 Å². The highest BCUT2D eigenvalue weighted by Gasteiger charge is 2.08. The number of nitrogens with one attached hydrogen (secondary N) is 1. The van der Waals surface area contributed by atoms with Crippen LogP contribution in [0.25, 0.3) is 0 Å². The summed E-state index contributed by atoms with van der Waals surface area (Å²) in [6.45, 7) is 4.47. The Balaban J connectivity index is 1.68. The summed E-state index contributed by atoms with van der Waals surface area (Å²) < 4.78 is 5.67. The molecule has 0 aliphatic rings. The van der Waals surface area contributed by atoms with E-state index < -0.39 is 0 Å². The fraction of sp³-hybridized carbons (Fsp3) is 0.316. The Hall–Kier alpha value is -2.29. The zero-order valence-corrected chi connectivity index (χ0v) is 13.2. The van der Waals surface area contributed by atoms with Gasteiger partial charge in [-0.3, -0.25) is 4.79 Å². The molecule has 0 saturated carbocycles. The van der Waals surface area contributed by atoms with Crippen LogP contribution in [0.4, 0.5) is 0 Å². The molecular weight excluding hydrogens is 274 g/mol. The van der Waals surface area contributed by atoms with Crippen LogP contribution in [0.5, 0.6) is 5.75 Å². The monoisotopic (exact) mass is 297 g/mol. The number of hydrogen-bond donors (Lipinski definition) is 1. The molecule has 116 valence electrons. The molecule has 0 spiro atoms. The largest absolute Gasteiger partial charge is 0.491 e. The Labute approximate surface area is 132 Å². The first-order valence-electron chi connectivity index (χ1n) is 7.66. The second-order valence-electron chi connectivity index (χ2n) is 5.58. The van der Waals surface area contributed by atoms with Crippen molar-refractivity contribution in [3.63, 3.8) is 0 Å². The van der Waals surface area contributed by atoms with Crippen LogP contribution in [-0.4, -0.2) is 18.6 Å². The van der Waals surface area contributed by atoms with Gasteiger partial charge in [-0.25, -0.2) is 0 Å². The van der Waals surface area contributed by atoms with Gasteiger partial charge >= 0.3 is 0 Å². The number of carbonyl (C=O) groups excluding carboxylic acids is 1. The maximum atomic E-state index is 11.9. The number of aryl methyl sites for hydroxylation is 2. The van der Waals surface area contributed by atoms with Gasteiger partial charge in [0.1, 0.15) is 12.4 Å². The Morgan fingerprint density at radius 3 is 2.45 bits per heavy atom. The van der Waals surface area contributed by atoms with Crippen molar-refractivity contribution in [1.29, 1.82) is 0 Å². The summed E-state index contributed by atoms with van der Waals surface area (Å²) in [5, 5.41) is 2.97. The van der Waals surface area contributed by atoms with E-state index in [4.69, 9.17) is 4.74 Å². The van der Waals surface area contributed by atoms with Crippen molar-refractivity contribution < 1.29 is 9.53 Å². The topological polar surface area (TPSA) is 38.3 Å². The van der Waals surface area contributed by atoms with Gasteiger partial charge < -0.3 is 10.1 Å². The molecule has 0 aromatic heterocycles. The van der Waals surface area contributed by atoms with Crippen LogP contribution in [-0.2, 0) is 11.2 Å². The minimum absolute atomic E-state index is 0.00965. The maximum Gasteiger partial charge on any atom is 0.220 e. The standard InChI is InChI=1S/C19H23NO2/c1-15-8-11-18(12-9-15)22-14-16(2)20-19(21)13-10-17-6-4-3-5-7-17/h3-9,11-12,16H,10,13-14H2,1-2H3,(H,20,21)/t16-/m1/s1. The van der Waals surface area contributed by atoms with E-state index in [9.17, 15) is 4.79 Å². The number of ether oxygens (including phenoxy) is 1. The van der Waals surface area contributed by atoms with Gasteiger partial charge in [0, 0.05) is 6.42 Å². The van der Waals surface area contributed by atoms with Crippen LogP contribution in [0.1, 0.15) is 24.5 Å². The Morgan fingerprint density at radius 1 is 1.09 bits per heavy atom. The Kier molecular flexibility index (Phi) is 6.01. The van der Waals surface area contributed by atoms with Crippen LogP contribution in [0, 0.1) is 6.92 Å². The lowest BCUT2D eigenvalue weighted by atomic mass is 10.1. The third-order valence-electron chi connectivity index (χ3n) is 3.41. The summed E-state index contributed by atoms with van der Waals surface area (Å²) in [6, 6.07) is 17.9. The molecule has 22 heavy (non-hydrogen) atoms. The molecule has 1 atom stereocenters. The Bertz CT molecular complexity index is 578. The molecule has 0 aliphatic heterocycles. The normalized spacial score (nSPS) is 11.7. The van der Waals surface area contributed by atoms with Gasteiger partial charge in [-0.15, -0.1) is 0 Å². The molecule has 1 N–H and O–H groups in total.